The van der Waals surface area contributed by atoms with Crippen LogP contribution in [0.1, 0.15) is 56.3 Å². The fourth-order valence-corrected chi connectivity index (χ4v) is 3.31. The van der Waals surface area contributed by atoms with E-state index in [-0.39, 0.29) is 11.8 Å². The number of likely N-dealkylation sites (N-methyl/N-ethyl adjacent to an activating group) is 1. The third kappa shape index (κ3) is 3.49. The van der Waals surface area contributed by atoms with Gasteiger partial charge in [-0.2, -0.15) is 0 Å². The summed E-state index contributed by atoms with van der Waals surface area (Å²) in [4.78, 5) is 14.8. The second kappa shape index (κ2) is 7.03. The summed E-state index contributed by atoms with van der Waals surface area (Å²) in [6.07, 6.45) is 6.41. The summed E-state index contributed by atoms with van der Waals surface area (Å²) in [7, 11) is 2.11. The van der Waals surface area contributed by atoms with Gasteiger partial charge in [0.15, 0.2) is 5.78 Å². The molecule has 1 aromatic rings. The van der Waals surface area contributed by atoms with Crippen molar-refractivity contribution in [1.82, 2.24) is 4.90 Å². The largest absolute Gasteiger partial charge is 0.294 e. The van der Waals surface area contributed by atoms with Crippen molar-refractivity contribution >= 4 is 5.78 Å². The molecule has 0 aromatic heterocycles. The lowest BCUT2D eigenvalue weighted by molar-refractivity contribution is 0.0752. The summed E-state index contributed by atoms with van der Waals surface area (Å²) >= 11 is 0. The standard InChI is InChI=1S/C18H27NO/c1-4-15-10-12-17(13-11-15)19(3)14(2)18(20)16-8-6-5-7-9-16/h5-9,14-15,17H,4,10-13H2,1-3H3. The van der Waals surface area contributed by atoms with E-state index in [0.717, 1.165) is 11.5 Å². The van der Waals surface area contributed by atoms with Gasteiger partial charge in [-0.15, -0.1) is 0 Å². The first-order valence-corrected chi connectivity index (χ1v) is 7.94. The van der Waals surface area contributed by atoms with E-state index in [4.69, 9.17) is 0 Å². The first-order valence-electron chi connectivity index (χ1n) is 7.94. The lowest BCUT2D eigenvalue weighted by Crippen LogP contribution is -2.44. The average molecular weight is 273 g/mol. The summed E-state index contributed by atoms with van der Waals surface area (Å²) in [5.41, 5.74) is 0.828. The van der Waals surface area contributed by atoms with E-state index in [0.29, 0.717) is 6.04 Å². The number of Topliss-reactive ketones (excluding diaryl/α,β-unsaturated/α-hetero) is 1. The summed E-state index contributed by atoms with van der Waals surface area (Å²) in [6.45, 7) is 4.33. The molecule has 1 fully saturated rings. The fourth-order valence-electron chi connectivity index (χ4n) is 3.31. The van der Waals surface area contributed by atoms with E-state index in [1.165, 1.54) is 32.1 Å². The van der Waals surface area contributed by atoms with Crippen LogP contribution in [-0.2, 0) is 0 Å². The Hall–Kier alpha value is -1.15. The van der Waals surface area contributed by atoms with Crippen molar-refractivity contribution in [3.63, 3.8) is 0 Å². The van der Waals surface area contributed by atoms with Crippen LogP contribution >= 0.6 is 0 Å². The number of hydrogen-bond donors (Lipinski definition) is 0. The lowest BCUT2D eigenvalue weighted by Gasteiger charge is -2.37. The minimum atomic E-state index is -0.0272. The molecule has 0 amide bonds. The fraction of sp³-hybridized carbons (Fsp3) is 0.611. The third-order valence-electron chi connectivity index (χ3n) is 5.02. The molecular weight excluding hydrogens is 246 g/mol. The van der Waals surface area contributed by atoms with Crippen LogP contribution in [0, 0.1) is 5.92 Å². The predicted octanol–water partition coefficient (Wildman–Crippen LogP) is 4.16. The number of rotatable bonds is 5. The quantitative estimate of drug-likeness (QED) is 0.751. The van der Waals surface area contributed by atoms with Gasteiger partial charge in [-0.05, 0) is 45.6 Å². The molecule has 20 heavy (non-hydrogen) atoms. The van der Waals surface area contributed by atoms with Crippen LogP contribution in [-0.4, -0.2) is 29.8 Å². The van der Waals surface area contributed by atoms with Gasteiger partial charge in [0.25, 0.3) is 0 Å². The number of carbonyl (C=O) groups is 1. The molecule has 1 aromatic carbocycles. The van der Waals surface area contributed by atoms with Crippen LogP contribution in [0.5, 0.6) is 0 Å². The number of carbonyl (C=O) groups excluding carboxylic acids is 1. The first kappa shape index (κ1) is 15.2. The number of benzene rings is 1. The molecule has 0 saturated heterocycles. The van der Waals surface area contributed by atoms with Crippen molar-refractivity contribution in [1.29, 1.82) is 0 Å². The van der Waals surface area contributed by atoms with Gasteiger partial charge in [0.1, 0.15) is 0 Å². The Labute approximate surface area is 123 Å². The van der Waals surface area contributed by atoms with Crippen molar-refractivity contribution < 1.29 is 4.79 Å². The van der Waals surface area contributed by atoms with E-state index < -0.39 is 0 Å². The van der Waals surface area contributed by atoms with Crippen LogP contribution < -0.4 is 0 Å². The Balaban J connectivity index is 1.95. The van der Waals surface area contributed by atoms with E-state index in [1.807, 2.05) is 37.3 Å². The Morgan fingerprint density at radius 1 is 1.20 bits per heavy atom. The molecule has 0 spiro atoms. The SMILES string of the molecule is CCC1CCC(N(C)C(C)C(=O)c2ccccc2)CC1. The van der Waals surface area contributed by atoms with Gasteiger partial charge in [-0.25, -0.2) is 0 Å². The van der Waals surface area contributed by atoms with Gasteiger partial charge >= 0.3 is 0 Å². The minimum Gasteiger partial charge on any atom is -0.294 e. The topological polar surface area (TPSA) is 20.3 Å². The molecule has 1 saturated carbocycles. The maximum Gasteiger partial charge on any atom is 0.179 e. The second-order valence-corrected chi connectivity index (χ2v) is 6.15. The maximum atomic E-state index is 12.5. The van der Waals surface area contributed by atoms with Crippen LogP contribution in [0.4, 0.5) is 0 Å². The highest BCUT2D eigenvalue weighted by atomic mass is 16.1. The monoisotopic (exact) mass is 273 g/mol. The van der Waals surface area contributed by atoms with Crippen molar-refractivity contribution in [2.75, 3.05) is 7.05 Å². The zero-order valence-corrected chi connectivity index (χ0v) is 13.0. The average Bonchev–Trinajstić information content (AvgIpc) is 2.53. The van der Waals surface area contributed by atoms with E-state index in [9.17, 15) is 4.79 Å². The van der Waals surface area contributed by atoms with Gasteiger partial charge in [0.05, 0.1) is 6.04 Å². The predicted molar refractivity (Wildman–Crippen MR) is 84.0 cm³/mol. The third-order valence-corrected chi connectivity index (χ3v) is 5.02. The van der Waals surface area contributed by atoms with Gasteiger partial charge in [-0.1, -0.05) is 43.7 Å². The van der Waals surface area contributed by atoms with Crippen molar-refractivity contribution in [3.8, 4) is 0 Å². The minimum absolute atomic E-state index is 0.0272. The van der Waals surface area contributed by atoms with Crippen molar-refractivity contribution in [3.05, 3.63) is 35.9 Å². The lowest BCUT2D eigenvalue weighted by atomic mass is 9.83. The van der Waals surface area contributed by atoms with Crippen LogP contribution in [0.15, 0.2) is 30.3 Å². The molecule has 0 N–H and O–H groups in total. The van der Waals surface area contributed by atoms with Gasteiger partial charge in [0, 0.05) is 11.6 Å². The van der Waals surface area contributed by atoms with Crippen molar-refractivity contribution in [2.24, 2.45) is 5.92 Å². The Morgan fingerprint density at radius 3 is 2.35 bits per heavy atom. The molecule has 0 heterocycles. The van der Waals surface area contributed by atoms with Crippen molar-refractivity contribution in [2.45, 2.75) is 58.0 Å². The summed E-state index contributed by atoms with van der Waals surface area (Å²) in [5.74, 6) is 1.14. The Kier molecular flexibility index (Phi) is 5.36. The molecule has 2 heteroatoms. The van der Waals surface area contributed by atoms with E-state index in [2.05, 4.69) is 18.9 Å². The number of ketones is 1. The van der Waals surface area contributed by atoms with Gasteiger partial charge in [-0.3, -0.25) is 9.69 Å². The normalized spacial score (nSPS) is 24.6. The van der Waals surface area contributed by atoms with Gasteiger partial charge in [0.2, 0.25) is 0 Å². The summed E-state index contributed by atoms with van der Waals surface area (Å²) < 4.78 is 0. The zero-order valence-electron chi connectivity index (χ0n) is 13.0. The van der Waals surface area contributed by atoms with Gasteiger partial charge < -0.3 is 0 Å². The zero-order chi connectivity index (χ0) is 14.5. The maximum absolute atomic E-state index is 12.5. The number of nitrogens with zero attached hydrogens (tertiary/aromatic N) is 1. The molecule has 110 valence electrons. The van der Waals surface area contributed by atoms with E-state index >= 15 is 0 Å². The van der Waals surface area contributed by atoms with Crippen LogP contribution in [0.3, 0.4) is 0 Å². The van der Waals surface area contributed by atoms with Crippen LogP contribution in [0.25, 0.3) is 0 Å². The molecule has 0 bridgehead atoms. The molecule has 1 aliphatic carbocycles. The van der Waals surface area contributed by atoms with Crippen LogP contribution in [0.2, 0.25) is 0 Å². The first-order chi connectivity index (χ1) is 9.63. The molecule has 1 atom stereocenters. The Morgan fingerprint density at radius 2 is 1.80 bits per heavy atom. The van der Waals surface area contributed by atoms with E-state index in [1.54, 1.807) is 0 Å². The molecule has 2 rings (SSSR count). The summed E-state index contributed by atoms with van der Waals surface area (Å²) in [6, 6.07) is 10.2. The second-order valence-electron chi connectivity index (χ2n) is 6.15. The highest BCUT2D eigenvalue weighted by Gasteiger charge is 2.28. The molecular formula is C18H27NO. The molecule has 1 aliphatic rings. The Bertz CT molecular complexity index is 420. The molecule has 0 aliphatic heterocycles. The summed E-state index contributed by atoms with van der Waals surface area (Å²) in [5, 5.41) is 0. The number of hydrogen-bond acceptors (Lipinski definition) is 2. The molecule has 2 nitrogen and oxygen atoms in total. The highest BCUT2D eigenvalue weighted by Crippen LogP contribution is 2.30. The highest BCUT2D eigenvalue weighted by molar-refractivity contribution is 5.99. The molecule has 1 unspecified atom stereocenters. The molecule has 0 radical (unpaired) electrons. The smallest absolute Gasteiger partial charge is 0.179 e.